The van der Waals surface area contributed by atoms with Crippen molar-refractivity contribution in [3.8, 4) is 0 Å². The maximum Gasteiger partial charge on any atom is 0.237 e. The Labute approximate surface area is 116 Å². The predicted molar refractivity (Wildman–Crippen MR) is 79.7 cm³/mol. The highest BCUT2D eigenvalue weighted by atomic mass is 16.2. The lowest BCUT2D eigenvalue weighted by molar-refractivity contribution is -0.126. The summed E-state index contributed by atoms with van der Waals surface area (Å²) >= 11 is 0. The van der Waals surface area contributed by atoms with Crippen molar-refractivity contribution < 1.29 is 4.79 Å². The second-order valence-electron chi connectivity index (χ2n) is 4.74. The van der Waals surface area contributed by atoms with Crippen LogP contribution < -0.4 is 11.1 Å². The van der Waals surface area contributed by atoms with E-state index >= 15 is 0 Å². The molecule has 1 atom stereocenters. The zero-order valence-corrected chi connectivity index (χ0v) is 12.1. The van der Waals surface area contributed by atoms with Crippen LogP contribution in [0.5, 0.6) is 0 Å². The van der Waals surface area contributed by atoms with E-state index in [2.05, 4.69) is 17.1 Å². The highest BCUT2D eigenvalue weighted by molar-refractivity contribution is 5.81. The second-order valence-corrected chi connectivity index (χ2v) is 4.74. The number of hydrogen-bond donors (Lipinski definition) is 2. The normalized spacial score (nSPS) is 12.4. The molecule has 1 aromatic carbocycles. The van der Waals surface area contributed by atoms with E-state index in [1.807, 2.05) is 38.1 Å². The number of benzene rings is 1. The van der Waals surface area contributed by atoms with Crippen LogP contribution in [0.2, 0.25) is 0 Å². The van der Waals surface area contributed by atoms with Crippen LogP contribution in [0.3, 0.4) is 0 Å². The largest absolute Gasteiger partial charge is 0.398 e. The fourth-order valence-electron chi connectivity index (χ4n) is 2.08. The minimum absolute atomic E-state index is 0.0745. The van der Waals surface area contributed by atoms with Gasteiger partial charge in [-0.05, 0) is 38.4 Å². The van der Waals surface area contributed by atoms with Crippen molar-refractivity contribution in [3.05, 3.63) is 29.8 Å². The molecule has 0 aromatic heterocycles. The van der Waals surface area contributed by atoms with E-state index in [1.54, 1.807) is 0 Å². The van der Waals surface area contributed by atoms with Gasteiger partial charge in [0.25, 0.3) is 0 Å². The van der Waals surface area contributed by atoms with Gasteiger partial charge in [-0.25, -0.2) is 0 Å². The third-order valence-electron chi connectivity index (χ3n) is 3.22. The quantitative estimate of drug-likeness (QED) is 0.740. The third kappa shape index (κ3) is 4.56. The summed E-state index contributed by atoms with van der Waals surface area (Å²) < 4.78 is 0. The van der Waals surface area contributed by atoms with Crippen LogP contribution in [0.4, 0.5) is 5.69 Å². The number of hydrogen-bond acceptors (Lipinski definition) is 3. The molecule has 106 valence electrons. The Morgan fingerprint density at radius 2 is 2.05 bits per heavy atom. The van der Waals surface area contributed by atoms with Crippen molar-refractivity contribution in [2.24, 2.45) is 0 Å². The first-order valence-electron chi connectivity index (χ1n) is 6.95. The third-order valence-corrected chi connectivity index (χ3v) is 3.22. The molecule has 0 radical (unpaired) electrons. The minimum atomic E-state index is -0.139. The molecular formula is C15H25N3O. The number of nitrogens with two attached hydrogens (primary N) is 1. The first kappa shape index (κ1) is 15.5. The number of nitrogen functional groups attached to an aromatic ring is 1. The number of likely N-dealkylation sites (N-methyl/N-ethyl adjacent to an activating group) is 1. The Kier molecular flexibility index (Phi) is 6.36. The second kappa shape index (κ2) is 7.79. The molecule has 19 heavy (non-hydrogen) atoms. The van der Waals surface area contributed by atoms with Crippen molar-refractivity contribution in [3.63, 3.8) is 0 Å². The molecule has 0 saturated carbocycles. The summed E-state index contributed by atoms with van der Waals surface area (Å²) in [6.07, 6.45) is 1.01. The van der Waals surface area contributed by atoms with Crippen molar-refractivity contribution in [1.82, 2.24) is 10.2 Å². The lowest BCUT2D eigenvalue weighted by Gasteiger charge is -2.28. The predicted octanol–water partition coefficient (Wildman–Crippen LogP) is 2.01. The van der Waals surface area contributed by atoms with Crippen LogP contribution >= 0.6 is 0 Å². The highest BCUT2D eigenvalue weighted by Gasteiger charge is 2.20. The van der Waals surface area contributed by atoms with Gasteiger partial charge in [-0.15, -0.1) is 0 Å². The molecule has 4 heteroatoms. The summed E-state index contributed by atoms with van der Waals surface area (Å²) in [5, 5.41) is 2.87. The maximum absolute atomic E-state index is 12.0. The van der Waals surface area contributed by atoms with E-state index in [4.69, 9.17) is 5.73 Å². The lowest BCUT2D eigenvalue weighted by atomic mass is 10.1. The number of carbonyl (C=O) groups is 1. The van der Waals surface area contributed by atoms with E-state index in [9.17, 15) is 4.79 Å². The molecule has 0 fully saturated rings. The Hall–Kier alpha value is -1.55. The number of anilines is 1. The molecule has 0 aliphatic rings. The summed E-state index contributed by atoms with van der Waals surface area (Å²) in [5.74, 6) is 0.0745. The minimum Gasteiger partial charge on any atom is -0.398 e. The van der Waals surface area contributed by atoms with Gasteiger partial charge in [0.15, 0.2) is 0 Å². The van der Waals surface area contributed by atoms with Crippen LogP contribution in [0, 0.1) is 0 Å². The van der Waals surface area contributed by atoms with E-state index in [0.717, 1.165) is 24.2 Å². The standard InChI is InChI=1S/C15H25N3O/c1-4-10-18(12(3)15(19)17-5-2)11-13-8-6-7-9-14(13)16/h6-9,12H,4-5,10-11,16H2,1-3H3,(H,17,19). The zero-order chi connectivity index (χ0) is 14.3. The van der Waals surface area contributed by atoms with Crippen molar-refractivity contribution >= 4 is 11.6 Å². The monoisotopic (exact) mass is 263 g/mol. The summed E-state index contributed by atoms with van der Waals surface area (Å²) in [5.41, 5.74) is 7.83. The SMILES string of the molecule is CCCN(Cc1ccccc1N)C(C)C(=O)NCC. The maximum atomic E-state index is 12.0. The average Bonchev–Trinajstić information content (AvgIpc) is 2.40. The van der Waals surface area contributed by atoms with Gasteiger partial charge >= 0.3 is 0 Å². The lowest BCUT2D eigenvalue weighted by Crippen LogP contribution is -2.45. The zero-order valence-electron chi connectivity index (χ0n) is 12.1. The highest BCUT2D eigenvalue weighted by Crippen LogP contribution is 2.15. The Bertz CT molecular complexity index is 406. The fraction of sp³-hybridized carbons (Fsp3) is 0.533. The number of nitrogens with zero attached hydrogens (tertiary/aromatic N) is 1. The molecule has 4 nitrogen and oxygen atoms in total. The number of nitrogens with one attached hydrogen (secondary N) is 1. The van der Waals surface area contributed by atoms with Crippen molar-refractivity contribution in [1.29, 1.82) is 0 Å². The Morgan fingerprint density at radius 1 is 1.37 bits per heavy atom. The van der Waals surface area contributed by atoms with Crippen molar-refractivity contribution in [2.75, 3.05) is 18.8 Å². The van der Waals surface area contributed by atoms with Crippen LogP contribution in [0.15, 0.2) is 24.3 Å². The van der Waals surface area contributed by atoms with Gasteiger partial charge in [0.2, 0.25) is 5.91 Å². The number of para-hydroxylation sites is 1. The summed E-state index contributed by atoms with van der Waals surface area (Å²) in [6.45, 7) is 8.25. The van der Waals surface area contributed by atoms with Gasteiger partial charge in [-0.3, -0.25) is 9.69 Å². The Morgan fingerprint density at radius 3 is 2.63 bits per heavy atom. The molecule has 0 bridgehead atoms. The van der Waals surface area contributed by atoms with Crippen LogP contribution in [0.25, 0.3) is 0 Å². The van der Waals surface area contributed by atoms with Crippen LogP contribution in [-0.4, -0.2) is 29.9 Å². The molecule has 0 spiro atoms. The number of amides is 1. The van der Waals surface area contributed by atoms with Gasteiger partial charge in [-0.2, -0.15) is 0 Å². The first-order chi connectivity index (χ1) is 9.10. The summed E-state index contributed by atoms with van der Waals surface area (Å²) in [6, 6.07) is 7.68. The number of carbonyl (C=O) groups excluding carboxylic acids is 1. The molecule has 0 aliphatic carbocycles. The Balaban J connectivity index is 2.77. The van der Waals surface area contributed by atoms with E-state index in [0.29, 0.717) is 13.1 Å². The van der Waals surface area contributed by atoms with E-state index in [1.165, 1.54) is 0 Å². The molecule has 1 unspecified atom stereocenters. The smallest absolute Gasteiger partial charge is 0.237 e. The van der Waals surface area contributed by atoms with Gasteiger partial charge in [0.1, 0.15) is 0 Å². The molecule has 0 saturated heterocycles. The molecule has 0 aliphatic heterocycles. The topological polar surface area (TPSA) is 58.4 Å². The van der Waals surface area contributed by atoms with Gasteiger partial charge in [0.05, 0.1) is 6.04 Å². The molecule has 1 rings (SSSR count). The molecule has 1 aromatic rings. The first-order valence-corrected chi connectivity index (χ1v) is 6.95. The summed E-state index contributed by atoms with van der Waals surface area (Å²) in [4.78, 5) is 14.1. The molecule has 3 N–H and O–H groups in total. The fourth-order valence-corrected chi connectivity index (χ4v) is 2.08. The molecular weight excluding hydrogens is 238 g/mol. The van der Waals surface area contributed by atoms with Gasteiger partial charge in [0, 0.05) is 18.8 Å². The van der Waals surface area contributed by atoms with Gasteiger partial charge < -0.3 is 11.1 Å². The van der Waals surface area contributed by atoms with Crippen LogP contribution in [0.1, 0.15) is 32.8 Å². The van der Waals surface area contributed by atoms with Gasteiger partial charge in [-0.1, -0.05) is 25.1 Å². The van der Waals surface area contributed by atoms with E-state index in [-0.39, 0.29) is 11.9 Å². The molecule has 0 heterocycles. The summed E-state index contributed by atoms with van der Waals surface area (Å²) in [7, 11) is 0. The van der Waals surface area contributed by atoms with Crippen molar-refractivity contribution in [2.45, 2.75) is 39.8 Å². The number of rotatable bonds is 7. The van der Waals surface area contributed by atoms with E-state index < -0.39 is 0 Å². The van der Waals surface area contributed by atoms with Crippen LogP contribution in [-0.2, 0) is 11.3 Å². The molecule has 1 amide bonds. The average molecular weight is 263 g/mol.